The standard InChI is InChI=1S/C22H27FN2O4S2/c1-17-5-8-19(15-21(17)31(27,28)25-11-3-2-4-12-25)24-22(26)16-30-14-13-29-20-9-6-18(23)7-10-20/h5-10,15H,2-4,11-14,16H2,1H3,(H,24,26). The van der Waals surface area contributed by atoms with E-state index in [9.17, 15) is 17.6 Å². The Morgan fingerprint density at radius 1 is 1.13 bits per heavy atom. The molecule has 6 nitrogen and oxygen atoms in total. The van der Waals surface area contributed by atoms with E-state index < -0.39 is 10.0 Å². The quantitative estimate of drug-likeness (QED) is 0.564. The number of rotatable bonds is 9. The van der Waals surface area contributed by atoms with Crippen molar-refractivity contribution in [3.63, 3.8) is 0 Å². The van der Waals surface area contributed by atoms with Crippen molar-refractivity contribution >= 4 is 33.4 Å². The van der Waals surface area contributed by atoms with Crippen LogP contribution in [0.2, 0.25) is 0 Å². The van der Waals surface area contributed by atoms with Gasteiger partial charge in [-0.25, -0.2) is 12.8 Å². The fraction of sp³-hybridized carbons (Fsp3) is 0.409. The first-order valence-corrected chi connectivity index (χ1v) is 12.8. The van der Waals surface area contributed by atoms with E-state index in [1.807, 2.05) is 0 Å². The summed E-state index contributed by atoms with van der Waals surface area (Å²) in [6.45, 7) is 3.23. The van der Waals surface area contributed by atoms with Crippen LogP contribution >= 0.6 is 11.8 Å². The van der Waals surface area contributed by atoms with Crippen LogP contribution in [-0.4, -0.2) is 49.8 Å². The van der Waals surface area contributed by atoms with Gasteiger partial charge in [0.15, 0.2) is 0 Å². The number of aryl methyl sites for hydroxylation is 1. The molecule has 1 aliphatic rings. The van der Waals surface area contributed by atoms with Crippen molar-refractivity contribution in [2.24, 2.45) is 0 Å². The predicted octanol–water partition coefficient (Wildman–Crippen LogP) is 4.06. The van der Waals surface area contributed by atoms with Crippen LogP contribution in [0.5, 0.6) is 5.75 Å². The summed E-state index contributed by atoms with van der Waals surface area (Å²) in [7, 11) is -3.57. The normalized spacial score (nSPS) is 14.9. The Morgan fingerprint density at radius 2 is 1.84 bits per heavy atom. The summed E-state index contributed by atoms with van der Waals surface area (Å²) in [6.07, 6.45) is 2.79. The maximum Gasteiger partial charge on any atom is 0.243 e. The van der Waals surface area contributed by atoms with Crippen molar-refractivity contribution in [2.45, 2.75) is 31.1 Å². The molecule has 0 aromatic heterocycles. The number of carbonyl (C=O) groups is 1. The lowest BCUT2D eigenvalue weighted by atomic mass is 10.2. The fourth-order valence-electron chi connectivity index (χ4n) is 3.31. The molecule has 0 bridgehead atoms. The number of hydrogen-bond acceptors (Lipinski definition) is 5. The Bertz CT molecular complexity index is 991. The van der Waals surface area contributed by atoms with E-state index >= 15 is 0 Å². The van der Waals surface area contributed by atoms with Gasteiger partial charge in [0, 0.05) is 24.5 Å². The van der Waals surface area contributed by atoms with Gasteiger partial charge in [-0.2, -0.15) is 4.31 Å². The highest BCUT2D eigenvalue weighted by molar-refractivity contribution is 7.99. The van der Waals surface area contributed by atoms with Gasteiger partial charge in [-0.15, -0.1) is 11.8 Å². The average molecular weight is 467 g/mol. The van der Waals surface area contributed by atoms with Crippen LogP contribution in [0, 0.1) is 12.7 Å². The van der Waals surface area contributed by atoms with Gasteiger partial charge >= 0.3 is 0 Å². The summed E-state index contributed by atoms with van der Waals surface area (Å²) in [6, 6.07) is 10.7. The number of halogens is 1. The van der Waals surface area contributed by atoms with E-state index in [4.69, 9.17) is 4.74 Å². The highest BCUT2D eigenvalue weighted by Gasteiger charge is 2.27. The van der Waals surface area contributed by atoms with Crippen LogP contribution in [0.15, 0.2) is 47.4 Å². The number of anilines is 1. The molecule has 1 heterocycles. The molecule has 0 atom stereocenters. The minimum Gasteiger partial charge on any atom is -0.493 e. The third kappa shape index (κ3) is 6.69. The topological polar surface area (TPSA) is 75.7 Å². The Morgan fingerprint density at radius 3 is 2.55 bits per heavy atom. The lowest BCUT2D eigenvalue weighted by Gasteiger charge is -2.26. The number of ether oxygens (including phenoxy) is 1. The first-order valence-electron chi connectivity index (χ1n) is 10.2. The minimum atomic E-state index is -3.57. The highest BCUT2D eigenvalue weighted by atomic mass is 32.2. The summed E-state index contributed by atoms with van der Waals surface area (Å²) in [4.78, 5) is 12.5. The van der Waals surface area contributed by atoms with Gasteiger partial charge in [-0.3, -0.25) is 4.79 Å². The smallest absolute Gasteiger partial charge is 0.243 e. The van der Waals surface area contributed by atoms with Gasteiger partial charge in [0.1, 0.15) is 11.6 Å². The first-order chi connectivity index (χ1) is 14.9. The number of nitrogens with one attached hydrogen (secondary N) is 1. The molecule has 168 valence electrons. The van der Waals surface area contributed by atoms with Crippen LogP contribution in [0.25, 0.3) is 0 Å². The maximum atomic E-state index is 13.0. The molecule has 1 aliphatic heterocycles. The molecule has 2 aromatic carbocycles. The van der Waals surface area contributed by atoms with E-state index in [0.29, 0.717) is 42.4 Å². The molecule has 2 aromatic rings. The zero-order chi connectivity index (χ0) is 22.3. The van der Waals surface area contributed by atoms with Gasteiger partial charge in [-0.1, -0.05) is 12.5 Å². The Balaban J connectivity index is 1.49. The second kappa shape index (κ2) is 11.0. The molecule has 1 saturated heterocycles. The summed E-state index contributed by atoms with van der Waals surface area (Å²) in [5.41, 5.74) is 1.13. The van der Waals surface area contributed by atoms with Crippen LogP contribution in [0.3, 0.4) is 0 Å². The lowest BCUT2D eigenvalue weighted by Crippen LogP contribution is -2.36. The van der Waals surface area contributed by atoms with Crippen molar-refractivity contribution in [2.75, 3.05) is 36.5 Å². The van der Waals surface area contributed by atoms with Crippen molar-refractivity contribution in [1.82, 2.24) is 4.31 Å². The fourth-order valence-corrected chi connectivity index (χ4v) is 5.68. The van der Waals surface area contributed by atoms with Gasteiger partial charge in [-0.05, 0) is 61.7 Å². The average Bonchev–Trinajstić information content (AvgIpc) is 2.76. The van der Waals surface area contributed by atoms with E-state index in [2.05, 4.69) is 5.32 Å². The predicted molar refractivity (Wildman–Crippen MR) is 122 cm³/mol. The summed E-state index contributed by atoms with van der Waals surface area (Å²) >= 11 is 1.40. The van der Waals surface area contributed by atoms with Gasteiger partial charge in [0.05, 0.1) is 17.3 Å². The van der Waals surface area contributed by atoms with Crippen LogP contribution < -0.4 is 10.1 Å². The number of sulfonamides is 1. The molecule has 0 unspecified atom stereocenters. The molecule has 1 amide bonds. The van der Waals surface area contributed by atoms with E-state index in [1.165, 1.54) is 28.2 Å². The largest absolute Gasteiger partial charge is 0.493 e. The Labute approximate surface area is 187 Å². The third-order valence-electron chi connectivity index (χ3n) is 4.95. The van der Waals surface area contributed by atoms with Gasteiger partial charge < -0.3 is 10.1 Å². The first kappa shape index (κ1) is 23.6. The molecule has 1 N–H and O–H groups in total. The number of carbonyl (C=O) groups excluding carboxylic acids is 1. The van der Waals surface area contributed by atoms with Crippen molar-refractivity contribution < 1.29 is 22.3 Å². The number of nitrogens with zero attached hydrogens (tertiary/aromatic N) is 1. The number of piperidine rings is 1. The number of benzene rings is 2. The van der Waals surface area contributed by atoms with Gasteiger partial charge in [0.25, 0.3) is 0 Å². The highest BCUT2D eigenvalue weighted by Crippen LogP contribution is 2.26. The zero-order valence-corrected chi connectivity index (χ0v) is 19.1. The summed E-state index contributed by atoms with van der Waals surface area (Å²) in [5.74, 6) is 0.856. The van der Waals surface area contributed by atoms with Crippen molar-refractivity contribution in [1.29, 1.82) is 0 Å². The molecule has 3 rings (SSSR count). The SMILES string of the molecule is Cc1ccc(NC(=O)CSCCOc2ccc(F)cc2)cc1S(=O)(=O)N1CCCCC1. The molecule has 0 saturated carbocycles. The number of hydrogen-bond donors (Lipinski definition) is 1. The molecule has 1 fully saturated rings. The molecule has 0 spiro atoms. The second-order valence-corrected chi connectivity index (χ2v) is 10.4. The van der Waals surface area contributed by atoms with E-state index in [-0.39, 0.29) is 22.4 Å². The number of amides is 1. The van der Waals surface area contributed by atoms with E-state index in [0.717, 1.165) is 19.3 Å². The van der Waals surface area contributed by atoms with Crippen LogP contribution in [0.1, 0.15) is 24.8 Å². The molecular weight excluding hydrogens is 439 g/mol. The minimum absolute atomic E-state index is 0.211. The molecule has 0 radical (unpaired) electrons. The second-order valence-electron chi connectivity index (χ2n) is 7.35. The van der Waals surface area contributed by atoms with Crippen molar-refractivity contribution in [3.8, 4) is 5.75 Å². The van der Waals surface area contributed by atoms with E-state index in [1.54, 1.807) is 37.3 Å². The molecular formula is C22H27FN2O4S2. The zero-order valence-electron chi connectivity index (χ0n) is 17.5. The molecule has 9 heteroatoms. The Hall–Kier alpha value is -2.10. The molecule has 0 aliphatic carbocycles. The molecule has 31 heavy (non-hydrogen) atoms. The number of thioether (sulfide) groups is 1. The Kier molecular flexibility index (Phi) is 8.34. The summed E-state index contributed by atoms with van der Waals surface area (Å²) < 4.78 is 45.9. The maximum absolute atomic E-state index is 13.0. The lowest BCUT2D eigenvalue weighted by molar-refractivity contribution is -0.113. The van der Waals surface area contributed by atoms with Crippen LogP contribution in [-0.2, 0) is 14.8 Å². The van der Waals surface area contributed by atoms with Gasteiger partial charge in [0.2, 0.25) is 15.9 Å². The monoisotopic (exact) mass is 466 g/mol. The third-order valence-corrected chi connectivity index (χ3v) is 7.91. The summed E-state index contributed by atoms with van der Waals surface area (Å²) in [5, 5.41) is 2.77. The van der Waals surface area contributed by atoms with Crippen molar-refractivity contribution in [3.05, 3.63) is 53.8 Å². The van der Waals surface area contributed by atoms with Crippen LogP contribution in [0.4, 0.5) is 10.1 Å².